The van der Waals surface area contributed by atoms with Crippen molar-refractivity contribution in [2.24, 2.45) is 0 Å². The van der Waals surface area contributed by atoms with Gasteiger partial charge in [-0.25, -0.2) is 4.79 Å². The Hall–Kier alpha value is -14.7. The van der Waals surface area contributed by atoms with Gasteiger partial charge in [-0.05, 0) is 199 Å². The predicted molar refractivity (Wildman–Crippen MR) is 533 cm³/mol. The minimum atomic E-state index is -1.14. The molecule has 0 saturated carbocycles. The zero-order valence-electron chi connectivity index (χ0n) is 80.1. The number of aliphatic carboxylic acids is 3. The lowest BCUT2D eigenvalue weighted by molar-refractivity contribution is -0.850. The van der Waals surface area contributed by atoms with E-state index in [9.17, 15) is 64.4 Å². The predicted octanol–water partition coefficient (Wildman–Crippen LogP) is 10.1. The maximum absolute atomic E-state index is 11.7. The third kappa shape index (κ3) is 22.3. The third-order valence-corrected chi connectivity index (χ3v) is 26.4. The van der Waals surface area contributed by atoms with Crippen molar-refractivity contribution in [1.29, 1.82) is 10.5 Å². The number of furan rings is 1. The highest BCUT2D eigenvalue weighted by atomic mass is 127. The number of nitrogens with zero attached hydrogens (tertiary/aromatic N) is 8. The Labute approximate surface area is 855 Å². The number of halogens is 3. The molecule has 0 saturated heterocycles. The van der Waals surface area contributed by atoms with E-state index in [4.69, 9.17) is 24.1 Å². The van der Waals surface area contributed by atoms with E-state index >= 15 is 0 Å². The Morgan fingerprint density at radius 2 is 0.993 bits per heavy atom. The quantitative estimate of drug-likeness (QED) is 0.00278. The normalized spacial score (nSPS) is 17.4. The number of carbonyl (C=O) groups is 7. The second-order valence-electron chi connectivity index (χ2n) is 36.7. The molecule has 30 heteroatoms. The van der Waals surface area contributed by atoms with Gasteiger partial charge in [0.1, 0.15) is 61.6 Å². The van der Waals surface area contributed by atoms with E-state index in [-0.39, 0.29) is 107 Å². The van der Waals surface area contributed by atoms with E-state index in [0.29, 0.717) is 75.6 Å². The van der Waals surface area contributed by atoms with Crippen molar-refractivity contribution in [3.05, 3.63) is 333 Å². The fourth-order valence-electron chi connectivity index (χ4n) is 20.2. The maximum atomic E-state index is 11.7. The first kappa shape index (κ1) is 107. The molecule has 6 aliphatic heterocycles. The molecule has 0 aliphatic carbocycles. The lowest BCUT2D eigenvalue weighted by Crippen LogP contribution is -3.11. The number of quaternary nitrogens is 1. The van der Waals surface area contributed by atoms with Crippen molar-refractivity contribution < 1.29 is 149 Å². The highest BCUT2D eigenvalue weighted by Gasteiger charge is 2.52. The maximum Gasteiger partial charge on any atom is 0.433 e. The van der Waals surface area contributed by atoms with E-state index in [2.05, 4.69) is 230 Å². The summed E-state index contributed by atoms with van der Waals surface area (Å²) in [4.78, 5) is 94.8. The molecular formula is C111H109Br2IN10O17. The Balaban J connectivity index is 0.000000191. The standard InChI is InChI=1S/C40H37N3O4.C38H38N4O5.C26H26N2O3.C7H5NO5.2BrH.HI/c1-39(2)34(42(22-21-36(45)46)32-17-15-28-9-5-7-11-30(28)37(32)39)19-13-27(25-41)14-20-35-40(3,4)38-31-12-8-6-10-29(31)16-18-33(38)43(35)23-24-47-26-44;1-25(44)40-28-13-15-31-30(22-28)37(2,3)33(42(31)20-21-47-24-43)16-10-26(23-39)11-17-34-38(4,5)36-29-9-7-6-8-27(29)12-14-32(36)41(34)19-18-35(45)46;1-26(2)23(16-24-27(3)20-10-6-7-11-22(20)31-24)28(14-15-30-17-29)21-13-12-18-8-4-5-9-19(18)25(21)26;9-7(10)4-2-5-1-3-6(13-5)8(11)12;;;/h5-20,26H,21-24H2,1-4H3;6-17,22,24H,18-21H2,1-5H3,(H-,40,44,45,46);4-13,16-17,23H,14-15H2,1-3H3;1-4H,(H,9,10);3*1H/b;;24-16-;4-2+;;;. The molecule has 2 unspecified atom stereocenters. The Bertz CT molecular complexity index is 7160. The van der Waals surface area contributed by atoms with E-state index in [1.54, 1.807) is 12.2 Å². The first-order valence-electron chi connectivity index (χ1n) is 45.3. The van der Waals surface area contributed by atoms with Crippen LogP contribution in [0.1, 0.15) is 123 Å². The minimum absolute atomic E-state index is 0. The SMILES string of the molecule is CC(=O)Nc1ccc2c(c1)C(C)(C)C(=CC=C(C#N)C=CC1=[N+](CCC(=O)O)c3ccc4ccccc4c3C1(C)C)N2CCOC=O.CC1(C)C(=CC=C(C#N)C=CC2=[N+](CCC(=O)O)c3ccc4ccccc4c3C2(C)C)N(CCOC=O)c2ccc3ccccc3c21.CN1/C(=C/C2[NH+](CCOC=O)c3ccc4ccccc4c3C2(C)C)Oc2ccccc21.O=C(O)/C=C/c1ccc([N+](=O)[O-])o1.[Br-].[Br-].[I-]. The van der Waals surface area contributed by atoms with Crippen molar-refractivity contribution >= 4 is 150 Å². The van der Waals surface area contributed by atoms with Crippen LogP contribution in [0.2, 0.25) is 0 Å². The molecule has 1 amide bonds. The summed E-state index contributed by atoms with van der Waals surface area (Å²) in [6, 6.07) is 71.2. The molecule has 10 aromatic carbocycles. The van der Waals surface area contributed by atoms with Crippen LogP contribution in [-0.4, -0.2) is 150 Å². The molecule has 5 N–H and O–H groups in total. The summed E-state index contributed by atoms with van der Waals surface area (Å²) in [5.74, 6) is -1.61. The topological polar surface area (TPSA) is 353 Å². The molecular weight excluding hydrogens is 2030 g/mol. The number of hydrogen-bond acceptors (Lipinski definition) is 19. The Kier molecular flexibility index (Phi) is 34.4. The van der Waals surface area contributed by atoms with Crippen molar-refractivity contribution in [3.63, 3.8) is 0 Å². The van der Waals surface area contributed by atoms with Crippen LogP contribution in [-0.2, 0) is 74.8 Å². The number of hydrogen-bond donors (Lipinski definition) is 5. The van der Waals surface area contributed by atoms with Crippen LogP contribution in [0, 0.1) is 32.8 Å². The lowest BCUT2D eigenvalue weighted by Gasteiger charge is -2.28. The zero-order chi connectivity index (χ0) is 98.7. The van der Waals surface area contributed by atoms with Crippen molar-refractivity contribution in [1.82, 2.24) is 0 Å². The zero-order valence-corrected chi connectivity index (χ0v) is 85.4. The summed E-state index contributed by atoms with van der Waals surface area (Å²) >= 11 is 0. The van der Waals surface area contributed by atoms with Gasteiger partial charge in [-0.2, -0.15) is 19.7 Å². The number of ether oxygens (including phenoxy) is 4. The molecule has 7 heterocycles. The molecule has 17 rings (SSSR count). The molecule has 27 nitrogen and oxygen atoms in total. The highest BCUT2D eigenvalue weighted by molar-refractivity contribution is 6.09. The van der Waals surface area contributed by atoms with Gasteiger partial charge in [0.05, 0.1) is 64.4 Å². The summed E-state index contributed by atoms with van der Waals surface area (Å²) in [6.45, 7) is 27.5. The van der Waals surface area contributed by atoms with Gasteiger partial charge in [-0.1, -0.05) is 143 Å². The molecule has 11 aromatic rings. The van der Waals surface area contributed by atoms with Gasteiger partial charge in [0.15, 0.2) is 30.3 Å². The second kappa shape index (κ2) is 45.5. The summed E-state index contributed by atoms with van der Waals surface area (Å²) in [7, 11) is 2.04. The van der Waals surface area contributed by atoms with Gasteiger partial charge in [0.2, 0.25) is 23.2 Å². The van der Waals surface area contributed by atoms with Gasteiger partial charge in [0, 0.05) is 112 Å². The van der Waals surface area contributed by atoms with E-state index in [1.165, 1.54) is 45.5 Å². The number of nitrogens with one attached hydrogen (secondary N) is 2. The number of amides is 1. The number of anilines is 4. The van der Waals surface area contributed by atoms with Crippen LogP contribution in [0.5, 0.6) is 5.75 Å². The second-order valence-corrected chi connectivity index (χ2v) is 36.7. The summed E-state index contributed by atoms with van der Waals surface area (Å²) < 4.78 is 30.2. The smallest absolute Gasteiger partial charge is 0.433 e. The molecule has 0 radical (unpaired) electrons. The number of rotatable bonds is 29. The summed E-state index contributed by atoms with van der Waals surface area (Å²) in [5, 5.41) is 70.1. The number of allylic oxidation sites excluding steroid dienone is 12. The number of para-hydroxylation sites is 2. The van der Waals surface area contributed by atoms with Crippen molar-refractivity contribution in [2.45, 2.75) is 122 Å². The third-order valence-electron chi connectivity index (χ3n) is 26.4. The number of nitro groups is 1. The van der Waals surface area contributed by atoms with E-state index in [1.807, 2.05) is 122 Å². The molecule has 0 bridgehead atoms. The molecule has 0 fully saturated rings. The van der Waals surface area contributed by atoms with Gasteiger partial charge in [-0.15, -0.1) is 0 Å². The minimum Gasteiger partial charge on any atom is -1.00 e. The van der Waals surface area contributed by atoms with Crippen LogP contribution < -0.4 is 87.6 Å². The number of carbonyl (C=O) groups excluding carboxylic acids is 4. The van der Waals surface area contributed by atoms with Crippen molar-refractivity contribution in [3.8, 4) is 17.9 Å². The van der Waals surface area contributed by atoms with Gasteiger partial charge in [-0.3, -0.25) is 43.8 Å². The van der Waals surface area contributed by atoms with Crippen molar-refractivity contribution in [2.75, 3.05) is 79.6 Å². The van der Waals surface area contributed by atoms with Gasteiger partial charge >= 0.3 is 23.8 Å². The molecule has 0 spiro atoms. The highest BCUT2D eigenvalue weighted by Crippen LogP contribution is 2.54. The monoisotopic (exact) mass is 2140 g/mol. The van der Waals surface area contributed by atoms with Crippen LogP contribution in [0.4, 0.5) is 45.7 Å². The molecule has 6 aliphatic rings. The van der Waals surface area contributed by atoms with E-state index in [0.717, 1.165) is 130 Å². The average molecular weight is 2140 g/mol. The average Bonchev–Trinajstić information content (AvgIpc) is 1.58. The first-order chi connectivity index (χ1) is 66.1. The summed E-state index contributed by atoms with van der Waals surface area (Å²) in [5.41, 5.74) is 15.5. The molecule has 726 valence electrons. The molecule has 1 aromatic heterocycles. The fraction of sp³-hybridized carbons (Fsp3) is 0.252. The molecule has 141 heavy (non-hydrogen) atoms. The number of benzene rings is 10. The van der Waals surface area contributed by atoms with Gasteiger partial charge in [0.25, 0.3) is 19.4 Å². The van der Waals surface area contributed by atoms with Crippen LogP contribution in [0.25, 0.3) is 49.2 Å². The first-order valence-corrected chi connectivity index (χ1v) is 45.3. The lowest BCUT2D eigenvalue weighted by atomic mass is 9.78. The van der Waals surface area contributed by atoms with Crippen LogP contribution in [0.3, 0.4) is 0 Å². The van der Waals surface area contributed by atoms with E-state index < -0.39 is 50.4 Å². The summed E-state index contributed by atoms with van der Waals surface area (Å²) in [6.07, 6.45) is 19.2. The number of carboxylic acids is 3. The number of nitriles is 2. The van der Waals surface area contributed by atoms with Crippen LogP contribution >= 0.6 is 0 Å². The van der Waals surface area contributed by atoms with Crippen LogP contribution in [0.15, 0.2) is 294 Å². The largest absolute Gasteiger partial charge is 1.00 e. The number of fused-ring (bicyclic) bond motifs is 14. The van der Waals surface area contributed by atoms with Gasteiger partial charge < -0.3 is 117 Å². The Morgan fingerprint density at radius 3 is 1.47 bits per heavy atom. The molecule has 2 atom stereocenters. The Morgan fingerprint density at radius 1 is 0.539 bits per heavy atom. The number of carboxylic acid groups (broad SMARTS) is 3. The fourth-order valence-corrected chi connectivity index (χ4v) is 20.2.